The fourth-order valence-corrected chi connectivity index (χ4v) is 2.46. The quantitative estimate of drug-likeness (QED) is 0.476. The Balaban J connectivity index is 1.77. The van der Waals surface area contributed by atoms with Crippen molar-refractivity contribution in [2.75, 3.05) is 0 Å². The summed E-state index contributed by atoms with van der Waals surface area (Å²) >= 11 is 0. The minimum absolute atomic E-state index is 0.307. The molecule has 0 aliphatic carbocycles. The van der Waals surface area contributed by atoms with Gasteiger partial charge in [0.15, 0.2) is 5.58 Å². The Morgan fingerprint density at radius 2 is 1.67 bits per heavy atom. The first-order chi connectivity index (χ1) is 11.8. The number of nitrogens with zero attached hydrogens (tertiary/aromatic N) is 2. The van der Waals surface area contributed by atoms with Crippen LogP contribution in [0.2, 0.25) is 0 Å². The molecule has 1 heterocycles. The molecule has 0 radical (unpaired) electrons. The van der Waals surface area contributed by atoms with Gasteiger partial charge in [0.25, 0.3) is 0 Å². The first-order valence-corrected chi connectivity index (χ1v) is 7.55. The van der Waals surface area contributed by atoms with Crippen LogP contribution in [0.15, 0.2) is 82.2 Å². The summed E-state index contributed by atoms with van der Waals surface area (Å²) in [7, 11) is 0. The molecule has 0 unspecified atom stereocenters. The molecule has 116 valence electrons. The molecule has 0 fully saturated rings. The van der Waals surface area contributed by atoms with Gasteiger partial charge in [-0.1, -0.05) is 42.5 Å². The molecule has 0 amide bonds. The third-order valence-electron chi connectivity index (χ3n) is 3.67. The average molecular weight is 316 g/mol. The van der Waals surface area contributed by atoms with Gasteiger partial charge in [-0.3, -0.25) is 4.99 Å². The Morgan fingerprint density at radius 1 is 0.875 bits per heavy atom. The van der Waals surface area contributed by atoms with Crippen molar-refractivity contribution in [3.05, 3.63) is 84.2 Å². The molecule has 4 heteroatoms. The lowest BCUT2D eigenvalue weighted by Gasteiger charge is -1.96. The van der Waals surface area contributed by atoms with Crippen LogP contribution in [0.1, 0.15) is 5.56 Å². The number of oxazole rings is 1. The van der Waals surface area contributed by atoms with Crippen molar-refractivity contribution in [1.29, 1.82) is 0 Å². The van der Waals surface area contributed by atoms with E-state index in [4.69, 9.17) is 4.42 Å². The summed E-state index contributed by atoms with van der Waals surface area (Å²) in [5.74, 6) is 0.234. The van der Waals surface area contributed by atoms with Crippen molar-refractivity contribution in [3.63, 3.8) is 0 Å². The van der Waals surface area contributed by atoms with Gasteiger partial charge in [-0.2, -0.15) is 0 Å². The molecule has 24 heavy (non-hydrogen) atoms. The molecule has 4 rings (SSSR count). The number of fused-ring (bicyclic) bond motifs is 1. The Hall–Kier alpha value is -3.27. The number of benzene rings is 3. The molecule has 3 nitrogen and oxygen atoms in total. The normalized spacial score (nSPS) is 11.4. The molecule has 0 aliphatic rings. The molecule has 0 atom stereocenters. The number of hydrogen-bond acceptors (Lipinski definition) is 3. The number of para-hydroxylation sites is 1. The average Bonchev–Trinajstić information content (AvgIpc) is 3.07. The fourth-order valence-electron chi connectivity index (χ4n) is 2.46. The smallest absolute Gasteiger partial charge is 0.227 e. The lowest BCUT2D eigenvalue weighted by atomic mass is 10.2. The van der Waals surface area contributed by atoms with Crippen LogP contribution in [0.5, 0.6) is 0 Å². The zero-order valence-electron chi connectivity index (χ0n) is 12.7. The minimum atomic E-state index is -0.307. The van der Waals surface area contributed by atoms with E-state index in [1.54, 1.807) is 18.2 Å². The summed E-state index contributed by atoms with van der Waals surface area (Å²) in [6, 6.07) is 21.7. The Labute approximate surface area is 138 Å². The number of halogens is 1. The van der Waals surface area contributed by atoms with E-state index < -0.39 is 0 Å². The summed E-state index contributed by atoms with van der Waals surface area (Å²) in [4.78, 5) is 8.93. The predicted molar refractivity (Wildman–Crippen MR) is 93.1 cm³/mol. The second kappa shape index (κ2) is 6.08. The molecular weight excluding hydrogens is 303 g/mol. The number of rotatable bonds is 3. The van der Waals surface area contributed by atoms with Crippen LogP contribution in [-0.2, 0) is 0 Å². The number of aliphatic imine (C=N–C) groups is 1. The van der Waals surface area contributed by atoms with Crippen molar-refractivity contribution in [3.8, 4) is 11.5 Å². The van der Waals surface area contributed by atoms with Crippen molar-refractivity contribution in [1.82, 2.24) is 4.98 Å². The zero-order valence-corrected chi connectivity index (χ0v) is 12.7. The van der Waals surface area contributed by atoms with E-state index in [0.29, 0.717) is 28.2 Å². The second-order valence-electron chi connectivity index (χ2n) is 5.29. The first kappa shape index (κ1) is 14.3. The topological polar surface area (TPSA) is 38.4 Å². The Kier molecular flexibility index (Phi) is 3.63. The lowest BCUT2D eigenvalue weighted by Crippen LogP contribution is -1.86. The lowest BCUT2D eigenvalue weighted by molar-refractivity contribution is 0.620. The Morgan fingerprint density at radius 3 is 2.50 bits per heavy atom. The van der Waals surface area contributed by atoms with Gasteiger partial charge < -0.3 is 4.42 Å². The van der Waals surface area contributed by atoms with Crippen LogP contribution in [0, 0.1) is 5.82 Å². The molecule has 1 aromatic heterocycles. The van der Waals surface area contributed by atoms with Crippen molar-refractivity contribution < 1.29 is 8.81 Å². The van der Waals surface area contributed by atoms with Crippen LogP contribution in [-0.4, -0.2) is 11.2 Å². The highest BCUT2D eigenvalue weighted by Crippen LogP contribution is 2.30. The fraction of sp³-hybridized carbons (Fsp3) is 0. The van der Waals surface area contributed by atoms with E-state index >= 15 is 0 Å². The molecule has 0 spiro atoms. The molecule has 3 aromatic carbocycles. The van der Waals surface area contributed by atoms with Gasteiger partial charge in [-0.05, 0) is 30.3 Å². The summed E-state index contributed by atoms with van der Waals surface area (Å²) in [5.41, 5.74) is 3.28. The van der Waals surface area contributed by atoms with Gasteiger partial charge in [-0.25, -0.2) is 9.37 Å². The summed E-state index contributed by atoms with van der Waals surface area (Å²) in [5, 5.41) is 0. The molecule has 0 aliphatic heterocycles. The summed E-state index contributed by atoms with van der Waals surface area (Å²) in [6.07, 6.45) is 1.50. The highest BCUT2D eigenvalue weighted by Gasteiger charge is 2.10. The second-order valence-corrected chi connectivity index (χ2v) is 5.29. The highest BCUT2D eigenvalue weighted by atomic mass is 19.1. The van der Waals surface area contributed by atoms with E-state index in [2.05, 4.69) is 9.98 Å². The maximum Gasteiger partial charge on any atom is 0.227 e. The van der Waals surface area contributed by atoms with Gasteiger partial charge >= 0.3 is 0 Å². The standard InChI is InChI=1S/C20H13FN2O/c21-16-10-5-4-9-15(16)13-22-17-11-6-12-18-19(17)23-20(24-18)14-7-2-1-3-8-14/h1-13H. The molecule has 0 N–H and O–H groups in total. The largest absolute Gasteiger partial charge is 0.436 e. The van der Waals surface area contributed by atoms with Gasteiger partial charge in [-0.15, -0.1) is 0 Å². The first-order valence-electron chi connectivity index (χ1n) is 7.55. The number of aromatic nitrogens is 1. The van der Waals surface area contributed by atoms with Crippen molar-refractivity contribution in [2.45, 2.75) is 0 Å². The maximum atomic E-state index is 13.7. The van der Waals surface area contributed by atoms with Gasteiger partial charge in [0.05, 0.1) is 5.69 Å². The molecule has 0 bridgehead atoms. The van der Waals surface area contributed by atoms with Gasteiger partial charge in [0.2, 0.25) is 5.89 Å². The minimum Gasteiger partial charge on any atom is -0.436 e. The maximum absolute atomic E-state index is 13.7. The van der Waals surface area contributed by atoms with Crippen LogP contribution in [0.3, 0.4) is 0 Å². The van der Waals surface area contributed by atoms with E-state index in [1.165, 1.54) is 12.3 Å². The van der Waals surface area contributed by atoms with Crippen molar-refractivity contribution in [2.24, 2.45) is 4.99 Å². The van der Waals surface area contributed by atoms with Gasteiger partial charge in [0.1, 0.15) is 11.3 Å². The van der Waals surface area contributed by atoms with E-state index in [1.807, 2.05) is 48.5 Å². The molecule has 0 saturated heterocycles. The van der Waals surface area contributed by atoms with Crippen molar-refractivity contribution >= 4 is 23.0 Å². The van der Waals surface area contributed by atoms with E-state index in [-0.39, 0.29) is 5.82 Å². The molecular formula is C20H13FN2O. The number of hydrogen-bond donors (Lipinski definition) is 0. The SMILES string of the molecule is Fc1ccccc1C=Nc1cccc2oc(-c3ccccc3)nc12. The van der Waals surface area contributed by atoms with Crippen LogP contribution in [0.25, 0.3) is 22.6 Å². The summed E-state index contributed by atoms with van der Waals surface area (Å²) in [6.45, 7) is 0. The van der Waals surface area contributed by atoms with E-state index in [0.717, 1.165) is 5.56 Å². The zero-order chi connectivity index (χ0) is 16.4. The van der Waals surface area contributed by atoms with Crippen LogP contribution < -0.4 is 0 Å². The third-order valence-corrected chi connectivity index (χ3v) is 3.67. The van der Waals surface area contributed by atoms with Gasteiger partial charge in [0, 0.05) is 17.3 Å². The van der Waals surface area contributed by atoms with Crippen LogP contribution >= 0.6 is 0 Å². The highest BCUT2D eigenvalue weighted by molar-refractivity contribution is 5.91. The monoisotopic (exact) mass is 316 g/mol. The predicted octanol–water partition coefficient (Wildman–Crippen LogP) is 5.38. The summed E-state index contributed by atoms with van der Waals surface area (Å²) < 4.78 is 19.5. The molecule has 0 saturated carbocycles. The Bertz CT molecular complexity index is 1020. The third kappa shape index (κ3) is 2.70. The van der Waals surface area contributed by atoms with Crippen LogP contribution in [0.4, 0.5) is 10.1 Å². The van der Waals surface area contributed by atoms with E-state index in [9.17, 15) is 4.39 Å². The molecule has 4 aromatic rings.